The number of aromatic nitrogens is 1. The van der Waals surface area contributed by atoms with Crippen LogP contribution in [0.1, 0.15) is 5.56 Å². The number of hydrogen-bond donors (Lipinski definition) is 1. The van der Waals surface area contributed by atoms with Crippen molar-refractivity contribution in [1.82, 2.24) is 4.98 Å². The van der Waals surface area contributed by atoms with E-state index in [0.29, 0.717) is 12.4 Å². The molecule has 2 aromatic rings. The van der Waals surface area contributed by atoms with E-state index in [1.54, 1.807) is 18.3 Å². The zero-order chi connectivity index (χ0) is 11.9. The Morgan fingerprint density at radius 2 is 2.00 bits per heavy atom. The standard InChI is InChI=1S/C14H14N2O/c15-14-11-13(8-9-16-14)17-10-4-7-12-5-2-1-3-6-12/h1-9,11H,10H2,(H2,15,16)/b7-4+. The lowest BCUT2D eigenvalue weighted by Gasteiger charge is -2.02. The monoisotopic (exact) mass is 226 g/mol. The summed E-state index contributed by atoms with van der Waals surface area (Å²) in [5.74, 6) is 1.20. The third kappa shape index (κ3) is 3.65. The van der Waals surface area contributed by atoms with Gasteiger partial charge in [-0.1, -0.05) is 36.4 Å². The number of ether oxygens (including phenoxy) is 1. The SMILES string of the molecule is Nc1cc(OC/C=C/c2ccccc2)ccn1. The molecule has 0 aliphatic rings. The first-order chi connectivity index (χ1) is 8.34. The summed E-state index contributed by atoms with van der Waals surface area (Å²) in [6, 6.07) is 13.6. The van der Waals surface area contributed by atoms with Gasteiger partial charge in [-0.2, -0.15) is 0 Å². The molecule has 0 bridgehead atoms. The van der Waals surface area contributed by atoms with Crippen LogP contribution in [0.5, 0.6) is 5.75 Å². The van der Waals surface area contributed by atoms with Gasteiger partial charge < -0.3 is 10.5 Å². The molecule has 0 radical (unpaired) electrons. The summed E-state index contributed by atoms with van der Waals surface area (Å²) in [7, 11) is 0. The first kappa shape index (κ1) is 11.2. The normalized spacial score (nSPS) is 10.6. The minimum atomic E-state index is 0.467. The van der Waals surface area contributed by atoms with Crippen molar-refractivity contribution in [2.75, 3.05) is 12.3 Å². The largest absolute Gasteiger partial charge is 0.489 e. The molecule has 2 rings (SSSR count). The van der Waals surface area contributed by atoms with Crippen molar-refractivity contribution in [3.8, 4) is 5.75 Å². The number of nitrogen functional groups attached to an aromatic ring is 1. The summed E-state index contributed by atoms with van der Waals surface area (Å²) in [6.45, 7) is 0.512. The molecule has 0 amide bonds. The van der Waals surface area contributed by atoms with E-state index in [1.807, 2.05) is 42.5 Å². The van der Waals surface area contributed by atoms with Crippen molar-refractivity contribution in [1.29, 1.82) is 0 Å². The van der Waals surface area contributed by atoms with Crippen LogP contribution in [0.3, 0.4) is 0 Å². The van der Waals surface area contributed by atoms with Crippen LogP contribution in [-0.2, 0) is 0 Å². The molecule has 1 aromatic carbocycles. The van der Waals surface area contributed by atoms with Gasteiger partial charge in [0.15, 0.2) is 0 Å². The molecule has 0 saturated carbocycles. The molecule has 0 spiro atoms. The van der Waals surface area contributed by atoms with E-state index < -0.39 is 0 Å². The number of anilines is 1. The van der Waals surface area contributed by atoms with Gasteiger partial charge >= 0.3 is 0 Å². The Hall–Kier alpha value is -2.29. The van der Waals surface area contributed by atoms with Crippen molar-refractivity contribution >= 4 is 11.9 Å². The van der Waals surface area contributed by atoms with Crippen LogP contribution in [-0.4, -0.2) is 11.6 Å². The Balaban J connectivity index is 1.86. The minimum absolute atomic E-state index is 0.467. The maximum absolute atomic E-state index is 5.54. The van der Waals surface area contributed by atoms with Gasteiger partial charge in [-0.25, -0.2) is 4.98 Å². The van der Waals surface area contributed by atoms with E-state index in [9.17, 15) is 0 Å². The number of pyridine rings is 1. The van der Waals surface area contributed by atoms with Gasteiger partial charge in [0.1, 0.15) is 18.2 Å². The molecule has 0 aliphatic carbocycles. The Morgan fingerprint density at radius 3 is 2.76 bits per heavy atom. The number of hydrogen-bond acceptors (Lipinski definition) is 3. The second kappa shape index (κ2) is 5.70. The predicted molar refractivity (Wildman–Crippen MR) is 69.6 cm³/mol. The lowest BCUT2D eigenvalue weighted by atomic mass is 10.2. The van der Waals surface area contributed by atoms with Crippen molar-refractivity contribution in [2.45, 2.75) is 0 Å². The zero-order valence-electron chi connectivity index (χ0n) is 9.41. The number of rotatable bonds is 4. The molecule has 0 fully saturated rings. The Labute approximate surface area is 101 Å². The fourth-order valence-corrected chi connectivity index (χ4v) is 1.41. The number of nitrogens with two attached hydrogens (primary N) is 1. The van der Waals surface area contributed by atoms with Crippen molar-refractivity contribution < 1.29 is 4.74 Å². The van der Waals surface area contributed by atoms with Gasteiger partial charge in [0, 0.05) is 12.3 Å². The highest BCUT2D eigenvalue weighted by Gasteiger charge is 1.92. The van der Waals surface area contributed by atoms with Crippen LogP contribution >= 0.6 is 0 Å². The summed E-state index contributed by atoms with van der Waals surface area (Å²) < 4.78 is 5.50. The molecule has 86 valence electrons. The lowest BCUT2D eigenvalue weighted by molar-refractivity contribution is 0.363. The number of nitrogens with zero attached hydrogens (tertiary/aromatic N) is 1. The quantitative estimate of drug-likeness (QED) is 0.872. The summed E-state index contributed by atoms with van der Waals surface area (Å²) >= 11 is 0. The average Bonchev–Trinajstić information content (AvgIpc) is 2.36. The van der Waals surface area contributed by atoms with Crippen LogP contribution in [0, 0.1) is 0 Å². The van der Waals surface area contributed by atoms with Crippen LogP contribution < -0.4 is 10.5 Å². The third-order valence-corrected chi connectivity index (χ3v) is 2.21. The van der Waals surface area contributed by atoms with Crippen molar-refractivity contribution in [2.24, 2.45) is 0 Å². The fraction of sp³-hybridized carbons (Fsp3) is 0.0714. The van der Waals surface area contributed by atoms with E-state index in [-0.39, 0.29) is 0 Å². The topological polar surface area (TPSA) is 48.1 Å². The zero-order valence-corrected chi connectivity index (χ0v) is 9.41. The van der Waals surface area contributed by atoms with Gasteiger partial charge in [-0.05, 0) is 17.7 Å². The van der Waals surface area contributed by atoms with Crippen LogP contribution in [0.4, 0.5) is 5.82 Å². The van der Waals surface area contributed by atoms with E-state index in [0.717, 1.165) is 11.3 Å². The maximum Gasteiger partial charge on any atom is 0.126 e. The number of benzene rings is 1. The van der Waals surface area contributed by atoms with Gasteiger partial charge in [0.2, 0.25) is 0 Å². The second-order valence-corrected chi connectivity index (χ2v) is 3.54. The molecule has 2 N–H and O–H groups in total. The summed E-state index contributed by atoms with van der Waals surface area (Å²) in [4.78, 5) is 3.90. The lowest BCUT2D eigenvalue weighted by Crippen LogP contribution is -1.95. The molecular weight excluding hydrogens is 212 g/mol. The molecule has 1 aromatic heterocycles. The predicted octanol–water partition coefficient (Wildman–Crippen LogP) is 2.76. The smallest absolute Gasteiger partial charge is 0.126 e. The second-order valence-electron chi connectivity index (χ2n) is 3.54. The summed E-state index contributed by atoms with van der Waals surface area (Å²) in [5, 5.41) is 0. The summed E-state index contributed by atoms with van der Waals surface area (Å²) in [5.41, 5.74) is 6.70. The Kier molecular flexibility index (Phi) is 3.76. The molecule has 0 unspecified atom stereocenters. The highest BCUT2D eigenvalue weighted by molar-refractivity contribution is 5.48. The van der Waals surface area contributed by atoms with E-state index in [2.05, 4.69) is 4.98 Å². The van der Waals surface area contributed by atoms with Crippen LogP contribution in [0.2, 0.25) is 0 Å². The molecule has 1 heterocycles. The van der Waals surface area contributed by atoms with Crippen LogP contribution in [0.25, 0.3) is 6.08 Å². The Morgan fingerprint density at radius 1 is 1.18 bits per heavy atom. The summed E-state index contributed by atoms with van der Waals surface area (Å²) in [6.07, 6.45) is 5.61. The van der Waals surface area contributed by atoms with Gasteiger partial charge in [0.05, 0.1) is 0 Å². The molecule has 3 nitrogen and oxygen atoms in total. The van der Waals surface area contributed by atoms with Gasteiger partial charge in [-0.3, -0.25) is 0 Å². The van der Waals surface area contributed by atoms with Crippen molar-refractivity contribution in [3.05, 3.63) is 60.3 Å². The molecule has 17 heavy (non-hydrogen) atoms. The third-order valence-electron chi connectivity index (χ3n) is 2.21. The molecule has 0 aliphatic heterocycles. The van der Waals surface area contributed by atoms with Gasteiger partial charge in [0.25, 0.3) is 0 Å². The minimum Gasteiger partial charge on any atom is -0.489 e. The highest BCUT2D eigenvalue weighted by Crippen LogP contribution is 2.11. The molecule has 3 heteroatoms. The Bertz CT molecular complexity index is 495. The maximum atomic E-state index is 5.54. The average molecular weight is 226 g/mol. The molecule has 0 saturated heterocycles. The first-order valence-electron chi connectivity index (χ1n) is 5.40. The highest BCUT2D eigenvalue weighted by atomic mass is 16.5. The van der Waals surface area contributed by atoms with Crippen molar-refractivity contribution in [3.63, 3.8) is 0 Å². The first-order valence-corrected chi connectivity index (χ1v) is 5.40. The van der Waals surface area contributed by atoms with E-state index >= 15 is 0 Å². The van der Waals surface area contributed by atoms with Crippen LogP contribution in [0.15, 0.2) is 54.7 Å². The fourth-order valence-electron chi connectivity index (χ4n) is 1.41. The molecule has 0 atom stereocenters. The van der Waals surface area contributed by atoms with E-state index in [4.69, 9.17) is 10.5 Å². The molecular formula is C14H14N2O. The van der Waals surface area contributed by atoms with E-state index in [1.165, 1.54) is 0 Å². The van der Waals surface area contributed by atoms with Gasteiger partial charge in [-0.15, -0.1) is 0 Å².